The van der Waals surface area contributed by atoms with Crippen molar-refractivity contribution < 1.29 is 13.2 Å². The molecule has 1 aromatic heterocycles. The second kappa shape index (κ2) is 8.29. The highest BCUT2D eigenvalue weighted by molar-refractivity contribution is 7.91. The first kappa shape index (κ1) is 19.2. The number of carbonyl (C=O) groups is 1. The fourth-order valence-corrected chi connectivity index (χ4v) is 3.78. The van der Waals surface area contributed by atoms with Gasteiger partial charge in [0.25, 0.3) is 0 Å². The lowest BCUT2D eigenvalue weighted by atomic mass is 10.2. The largest absolute Gasteiger partial charge is 0.356 e. The number of carbonyl (C=O) groups excluding carboxylic acids is 1. The molecule has 1 N–H and O–H groups in total. The van der Waals surface area contributed by atoms with Gasteiger partial charge in [-0.2, -0.15) is 5.10 Å². The van der Waals surface area contributed by atoms with E-state index in [2.05, 4.69) is 10.4 Å². The van der Waals surface area contributed by atoms with Crippen LogP contribution in [0.5, 0.6) is 0 Å². The zero-order valence-corrected chi connectivity index (χ0v) is 15.8. The summed E-state index contributed by atoms with van der Waals surface area (Å²) in [5, 5.41) is 7.13. The average Bonchev–Trinajstić information content (AvgIpc) is 2.88. The molecule has 0 fully saturated rings. The van der Waals surface area contributed by atoms with Gasteiger partial charge in [0.15, 0.2) is 9.84 Å². The standard InChI is InChI=1S/C18H25N3O3S/c1-14-5-7-17(8-6-14)25(23,24)12-9-18(22)19-10-4-11-21-16(3)13-15(2)20-21/h5-8,13H,4,9-12H2,1-3H3,(H,19,22). The molecular formula is C18H25N3O3S. The van der Waals surface area contributed by atoms with Crippen molar-refractivity contribution in [2.75, 3.05) is 12.3 Å². The monoisotopic (exact) mass is 363 g/mol. The van der Waals surface area contributed by atoms with Crippen molar-refractivity contribution in [1.29, 1.82) is 0 Å². The molecule has 0 spiro atoms. The second-order valence-electron chi connectivity index (χ2n) is 6.24. The Kier molecular flexibility index (Phi) is 6.36. The summed E-state index contributed by atoms with van der Waals surface area (Å²) in [7, 11) is -3.42. The molecule has 136 valence electrons. The fourth-order valence-electron chi connectivity index (χ4n) is 2.54. The maximum atomic E-state index is 12.2. The van der Waals surface area contributed by atoms with Crippen LogP contribution in [0.2, 0.25) is 0 Å². The molecule has 0 atom stereocenters. The van der Waals surface area contributed by atoms with E-state index in [1.54, 1.807) is 24.3 Å². The maximum absolute atomic E-state index is 12.2. The van der Waals surface area contributed by atoms with E-state index in [9.17, 15) is 13.2 Å². The quantitative estimate of drug-likeness (QED) is 0.729. The van der Waals surface area contributed by atoms with Crippen molar-refractivity contribution in [1.82, 2.24) is 15.1 Å². The van der Waals surface area contributed by atoms with Gasteiger partial charge in [0.2, 0.25) is 5.91 Å². The minimum Gasteiger partial charge on any atom is -0.356 e. The summed E-state index contributed by atoms with van der Waals surface area (Å²) in [6.45, 7) is 7.06. The second-order valence-corrected chi connectivity index (χ2v) is 8.34. The highest BCUT2D eigenvalue weighted by Crippen LogP contribution is 2.13. The molecule has 0 radical (unpaired) electrons. The van der Waals surface area contributed by atoms with Crippen LogP contribution in [0.4, 0.5) is 0 Å². The van der Waals surface area contributed by atoms with E-state index < -0.39 is 9.84 Å². The molecule has 0 aliphatic rings. The zero-order valence-electron chi connectivity index (χ0n) is 14.9. The van der Waals surface area contributed by atoms with Gasteiger partial charge in [-0.3, -0.25) is 9.48 Å². The lowest BCUT2D eigenvalue weighted by molar-refractivity contribution is -0.120. The van der Waals surface area contributed by atoms with Gasteiger partial charge in [-0.05, 0) is 45.4 Å². The molecule has 0 unspecified atom stereocenters. The van der Waals surface area contributed by atoms with Crippen molar-refractivity contribution in [3.63, 3.8) is 0 Å². The number of aryl methyl sites for hydroxylation is 4. The van der Waals surface area contributed by atoms with Crippen molar-refractivity contribution >= 4 is 15.7 Å². The summed E-state index contributed by atoms with van der Waals surface area (Å²) < 4.78 is 26.3. The minimum absolute atomic E-state index is 0.0316. The number of hydrogen-bond acceptors (Lipinski definition) is 4. The van der Waals surface area contributed by atoms with Crippen LogP contribution < -0.4 is 5.32 Å². The van der Waals surface area contributed by atoms with Gasteiger partial charge < -0.3 is 5.32 Å². The summed E-state index contributed by atoms with van der Waals surface area (Å²) in [6.07, 6.45) is 0.717. The Hall–Kier alpha value is -2.15. The van der Waals surface area contributed by atoms with E-state index >= 15 is 0 Å². The lowest BCUT2D eigenvalue weighted by Gasteiger charge is -2.08. The molecule has 1 heterocycles. The third-order valence-electron chi connectivity index (χ3n) is 3.95. The highest BCUT2D eigenvalue weighted by atomic mass is 32.2. The van der Waals surface area contributed by atoms with Gasteiger partial charge in [-0.1, -0.05) is 17.7 Å². The lowest BCUT2D eigenvalue weighted by Crippen LogP contribution is -2.27. The summed E-state index contributed by atoms with van der Waals surface area (Å²) in [5.41, 5.74) is 3.06. The number of aromatic nitrogens is 2. The van der Waals surface area contributed by atoms with Crippen molar-refractivity contribution in [3.05, 3.63) is 47.3 Å². The summed E-state index contributed by atoms with van der Waals surface area (Å²) in [6, 6.07) is 8.68. The van der Waals surface area contributed by atoms with E-state index in [1.807, 2.05) is 31.5 Å². The minimum atomic E-state index is -3.42. The van der Waals surface area contributed by atoms with Crippen LogP contribution in [0.1, 0.15) is 29.8 Å². The molecule has 25 heavy (non-hydrogen) atoms. The molecule has 0 aliphatic heterocycles. The molecule has 2 rings (SSSR count). The number of hydrogen-bond donors (Lipinski definition) is 1. The zero-order chi connectivity index (χ0) is 18.4. The SMILES string of the molecule is Cc1ccc(S(=O)(=O)CCC(=O)NCCCn2nc(C)cc2C)cc1. The molecule has 0 aliphatic carbocycles. The molecule has 0 saturated heterocycles. The van der Waals surface area contributed by atoms with E-state index in [-0.39, 0.29) is 23.0 Å². The first-order chi connectivity index (χ1) is 11.8. The van der Waals surface area contributed by atoms with Gasteiger partial charge >= 0.3 is 0 Å². The van der Waals surface area contributed by atoms with Crippen molar-refractivity contribution in [2.24, 2.45) is 0 Å². The molecule has 0 bridgehead atoms. The summed E-state index contributed by atoms with van der Waals surface area (Å²) >= 11 is 0. The molecule has 7 heteroatoms. The van der Waals surface area contributed by atoms with E-state index in [0.29, 0.717) is 6.54 Å². The molecule has 1 aromatic carbocycles. The third kappa shape index (κ3) is 5.70. The predicted molar refractivity (Wildman–Crippen MR) is 97.2 cm³/mol. The Morgan fingerprint density at radius 1 is 1.16 bits per heavy atom. The van der Waals surface area contributed by atoms with Gasteiger partial charge in [0.05, 0.1) is 16.3 Å². The molecular weight excluding hydrogens is 338 g/mol. The Labute approximate surface area is 149 Å². The summed E-state index contributed by atoms with van der Waals surface area (Å²) in [4.78, 5) is 12.1. The predicted octanol–water partition coefficient (Wildman–Crippen LogP) is 2.18. The van der Waals surface area contributed by atoms with Gasteiger partial charge in [0, 0.05) is 25.2 Å². The van der Waals surface area contributed by atoms with Crippen LogP contribution in [0, 0.1) is 20.8 Å². The van der Waals surface area contributed by atoms with E-state index in [0.717, 1.165) is 29.9 Å². The highest BCUT2D eigenvalue weighted by Gasteiger charge is 2.16. The Morgan fingerprint density at radius 2 is 1.84 bits per heavy atom. The van der Waals surface area contributed by atoms with Crippen LogP contribution in [-0.2, 0) is 21.2 Å². The topological polar surface area (TPSA) is 81.1 Å². The number of nitrogens with one attached hydrogen (secondary N) is 1. The number of rotatable bonds is 8. The van der Waals surface area contributed by atoms with E-state index in [4.69, 9.17) is 0 Å². The summed E-state index contributed by atoms with van der Waals surface area (Å²) in [5.74, 6) is -0.427. The Balaban J connectivity index is 1.73. The van der Waals surface area contributed by atoms with Gasteiger partial charge in [-0.15, -0.1) is 0 Å². The van der Waals surface area contributed by atoms with Crippen LogP contribution in [-0.4, -0.2) is 36.4 Å². The smallest absolute Gasteiger partial charge is 0.221 e. The maximum Gasteiger partial charge on any atom is 0.221 e. The molecule has 0 saturated carbocycles. The Morgan fingerprint density at radius 3 is 2.44 bits per heavy atom. The number of benzene rings is 1. The van der Waals surface area contributed by atoms with Crippen molar-refractivity contribution in [2.45, 2.75) is 45.1 Å². The van der Waals surface area contributed by atoms with Crippen molar-refractivity contribution in [3.8, 4) is 0 Å². The van der Waals surface area contributed by atoms with Gasteiger partial charge in [0.1, 0.15) is 0 Å². The third-order valence-corrected chi connectivity index (χ3v) is 5.68. The molecule has 1 amide bonds. The van der Waals surface area contributed by atoms with Crippen LogP contribution in [0.25, 0.3) is 0 Å². The van der Waals surface area contributed by atoms with E-state index in [1.165, 1.54) is 0 Å². The van der Waals surface area contributed by atoms with Crippen LogP contribution in [0.15, 0.2) is 35.2 Å². The number of nitrogens with zero attached hydrogens (tertiary/aromatic N) is 2. The normalized spacial score (nSPS) is 11.5. The average molecular weight is 363 g/mol. The number of sulfone groups is 1. The molecule has 6 nitrogen and oxygen atoms in total. The van der Waals surface area contributed by atoms with Gasteiger partial charge in [-0.25, -0.2) is 8.42 Å². The molecule has 2 aromatic rings. The fraction of sp³-hybridized carbons (Fsp3) is 0.444. The first-order valence-electron chi connectivity index (χ1n) is 8.35. The van der Waals surface area contributed by atoms with Crippen LogP contribution >= 0.6 is 0 Å². The number of amides is 1. The van der Waals surface area contributed by atoms with Crippen LogP contribution in [0.3, 0.4) is 0 Å². The first-order valence-corrected chi connectivity index (χ1v) is 10.0. The Bertz CT molecular complexity index is 824.